The number of allylic oxidation sites excluding steroid dienone is 1. The molecule has 7 nitrogen and oxygen atoms in total. The fraction of sp³-hybridized carbons (Fsp3) is 0.370. The molecule has 0 radical (unpaired) electrons. The van der Waals surface area contributed by atoms with E-state index in [1.165, 1.54) is 18.6 Å². The third kappa shape index (κ3) is 24.8. The van der Waals surface area contributed by atoms with Gasteiger partial charge in [-0.3, -0.25) is 0 Å². The van der Waals surface area contributed by atoms with Crippen LogP contribution in [0.5, 0.6) is 0 Å². The first-order valence-electron chi connectivity index (χ1n) is 10.8. The number of benzene rings is 1. The van der Waals surface area contributed by atoms with E-state index < -0.39 is 11.9 Å². The van der Waals surface area contributed by atoms with Crippen LogP contribution in [0, 0.1) is 0 Å². The maximum Gasteiger partial charge on any atom is 0.333 e. The number of aliphatic carboxylic acids is 2. The largest absolute Gasteiger partial charge is 0.478 e. The standard InChI is InChI=1S/C8H14O2.C8H8.C6H10O3.C5H8O2/c1-4-5-6-10-8(9)7(2)3;1-2-8-6-4-3-5-7-8;1-5(6(8)9)3-2-4-7;1-3-4(2)5(6)7/h2,4-6H2,1,3H3;2-7H,1H2;3,7H,2,4H2,1H3,(H,8,9);3H,1-2H3,(H,6,7)/b;;5-3+;4-3+. The number of carbonyl (C=O) groups excluding carboxylic acids is 1. The molecule has 1 aromatic rings. The van der Waals surface area contributed by atoms with E-state index in [0.717, 1.165) is 12.8 Å². The number of ether oxygens (including phenoxy) is 1. The molecule has 1 rings (SSSR count). The summed E-state index contributed by atoms with van der Waals surface area (Å²) in [7, 11) is 0. The van der Waals surface area contributed by atoms with Crippen LogP contribution in [0.25, 0.3) is 6.08 Å². The van der Waals surface area contributed by atoms with Gasteiger partial charge in [0.15, 0.2) is 0 Å². The van der Waals surface area contributed by atoms with E-state index in [2.05, 4.69) is 20.1 Å². The summed E-state index contributed by atoms with van der Waals surface area (Å²) in [5, 5.41) is 24.6. The van der Waals surface area contributed by atoms with Crippen molar-refractivity contribution in [1.82, 2.24) is 0 Å². The molecule has 0 aliphatic heterocycles. The summed E-state index contributed by atoms with van der Waals surface area (Å²) in [5.74, 6) is -2.06. The van der Waals surface area contributed by atoms with Crippen molar-refractivity contribution in [3.05, 3.63) is 77.9 Å². The second-order valence-corrected chi connectivity index (χ2v) is 6.87. The minimum absolute atomic E-state index is 0.00458. The van der Waals surface area contributed by atoms with Crippen LogP contribution in [0.15, 0.2) is 72.4 Å². The molecule has 0 bridgehead atoms. The number of aliphatic hydroxyl groups is 1. The van der Waals surface area contributed by atoms with Crippen molar-refractivity contribution in [2.45, 2.75) is 53.9 Å². The first kappa shape index (κ1) is 35.1. The van der Waals surface area contributed by atoms with E-state index >= 15 is 0 Å². The Bertz CT molecular complexity index is 790. The van der Waals surface area contributed by atoms with E-state index in [0.29, 0.717) is 24.2 Å². The van der Waals surface area contributed by atoms with Crippen molar-refractivity contribution in [3.8, 4) is 0 Å². The Kier molecular flexibility index (Phi) is 25.0. The number of carbonyl (C=O) groups is 3. The van der Waals surface area contributed by atoms with Gasteiger partial charge in [-0.15, -0.1) is 0 Å². The molecule has 0 saturated heterocycles. The molecule has 34 heavy (non-hydrogen) atoms. The molecule has 0 unspecified atom stereocenters. The molecule has 190 valence electrons. The molecular weight excluding hydrogens is 436 g/mol. The normalized spacial score (nSPS) is 10.1. The van der Waals surface area contributed by atoms with E-state index in [9.17, 15) is 14.4 Å². The highest BCUT2D eigenvalue weighted by Crippen LogP contribution is 1.97. The average molecular weight is 477 g/mol. The van der Waals surface area contributed by atoms with E-state index in [-0.39, 0.29) is 18.1 Å². The number of hydrogen-bond acceptors (Lipinski definition) is 5. The van der Waals surface area contributed by atoms with Crippen LogP contribution in [0.2, 0.25) is 0 Å². The first-order chi connectivity index (χ1) is 16.0. The van der Waals surface area contributed by atoms with E-state index in [4.69, 9.17) is 20.1 Å². The van der Waals surface area contributed by atoms with Gasteiger partial charge in [0.2, 0.25) is 0 Å². The zero-order valence-corrected chi connectivity index (χ0v) is 21.0. The molecule has 1 aromatic carbocycles. The Morgan fingerprint density at radius 2 is 1.53 bits per heavy atom. The number of unbranched alkanes of at least 4 members (excludes halogenated alkanes) is 1. The predicted octanol–water partition coefficient (Wildman–Crippen LogP) is 5.67. The first-order valence-corrected chi connectivity index (χ1v) is 10.8. The SMILES string of the molecule is C/C(=C\CCO)C(=O)O.C/C=C(\C)C(=O)O.C=C(C)C(=O)OCCCC.C=Cc1ccccc1. The second kappa shape index (κ2) is 24.2. The summed E-state index contributed by atoms with van der Waals surface area (Å²) in [5.41, 5.74) is 2.31. The van der Waals surface area contributed by atoms with E-state index in [1.807, 2.05) is 36.4 Å². The lowest BCUT2D eigenvalue weighted by Crippen LogP contribution is -2.05. The molecule has 0 aromatic heterocycles. The Morgan fingerprint density at radius 1 is 1.00 bits per heavy atom. The smallest absolute Gasteiger partial charge is 0.333 e. The number of esters is 1. The zero-order chi connectivity index (χ0) is 26.9. The molecule has 0 spiro atoms. The molecule has 0 aliphatic rings. The molecule has 0 saturated carbocycles. The molecular formula is C27H40O7. The van der Waals surface area contributed by atoms with Crippen molar-refractivity contribution in [2.24, 2.45) is 0 Å². The quantitative estimate of drug-likeness (QED) is 0.238. The van der Waals surface area contributed by atoms with Gasteiger partial charge in [-0.1, -0.05) is 75.1 Å². The summed E-state index contributed by atoms with van der Waals surface area (Å²) in [6.45, 7) is 16.1. The molecule has 7 heteroatoms. The topological polar surface area (TPSA) is 121 Å². The zero-order valence-electron chi connectivity index (χ0n) is 21.0. The lowest BCUT2D eigenvalue weighted by Gasteiger charge is -2.01. The van der Waals surface area contributed by atoms with Crippen molar-refractivity contribution in [1.29, 1.82) is 0 Å². The van der Waals surface area contributed by atoms with Gasteiger partial charge in [-0.25, -0.2) is 14.4 Å². The highest BCUT2D eigenvalue weighted by Gasteiger charge is 2.00. The summed E-state index contributed by atoms with van der Waals surface area (Å²) in [6.07, 6.45) is 7.27. The molecule has 3 N–H and O–H groups in total. The lowest BCUT2D eigenvalue weighted by molar-refractivity contribution is -0.139. The maximum atomic E-state index is 10.7. The third-order valence-corrected chi connectivity index (χ3v) is 3.80. The van der Waals surface area contributed by atoms with Gasteiger partial charge in [0.05, 0.1) is 6.61 Å². The molecule has 0 atom stereocenters. The Hall–Kier alpha value is -3.45. The van der Waals surface area contributed by atoms with Crippen LogP contribution in [-0.2, 0) is 19.1 Å². The van der Waals surface area contributed by atoms with Gasteiger partial charge in [0.1, 0.15) is 0 Å². The minimum Gasteiger partial charge on any atom is -0.478 e. The Morgan fingerprint density at radius 3 is 1.82 bits per heavy atom. The fourth-order valence-electron chi connectivity index (χ4n) is 1.51. The second-order valence-electron chi connectivity index (χ2n) is 6.87. The van der Waals surface area contributed by atoms with Crippen molar-refractivity contribution in [3.63, 3.8) is 0 Å². The molecule has 0 heterocycles. The van der Waals surface area contributed by atoms with Gasteiger partial charge >= 0.3 is 17.9 Å². The number of hydrogen-bond donors (Lipinski definition) is 3. The summed E-state index contributed by atoms with van der Waals surface area (Å²) in [6, 6.07) is 10.0. The van der Waals surface area contributed by atoms with Crippen LogP contribution in [0.1, 0.15) is 59.4 Å². The van der Waals surface area contributed by atoms with Crippen LogP contribution < -0.4 is 0 Å². The van der Waals surface area contributed by atoms with Gasteiger partial charge in [0.25, 0.3) is 0 Å². The van der Waals surface area contributed by atoms with Gasteiger partial charge in [-0.05, 0) is 46.1 Å². The average Bonchev–Trinajstić information content (AvgIpc) is 2.83. The van der Waals surface area contributed by atoms with Gasteiger partial charge < -0.3 is 20.1 Å². The number of carboxylic acid groups (broad SMARTS) is 2. The summed E-state index contributed by atoms with van der Waals surface area (Å²) in [4.78, 5) is 30.6. The monoisotopic (exact) mass is 476 g/mol. The third-order valence-electron chi connectivity index (χ3n) is 3.80. The van der Waals surface area contributed by atoms with Crippen LogP contribution >= 0.6 is 0 Å². The van der Waals surface area contributed by atoms with Gasteiger partial charge in [-0.2, -0.15) is 0 Å². The number of aliphatic hydroxyl groups excluding tert-OH is 1. The minimum atomic E-state index is -0.927. The number of rotatable bonds is 9. The lowest BCUT2D eigenvalue weighted by atomic mass is 10.2. The van der Waals surface area contributed by atoms with Crippen LogP contribution in [-0.4, -0.2) is 46.4 Å². The van der Waals surface area contributed by atoms with Crippen LogP contribution in [0.4, 0.5) is 0 Å². The van der Waals surface area contributed by atoms with Crippen LogP contribution in [0.3, 0.4) is 0 Å². The summed E-state index contributed by atoms with van der Waals surface area (Å²) >= 11 is 0. The van der Waals surface area contributed by atoms with Crippen molar-refractivity contribution >= 4 is 24.0 Å². The number of carboxylic acids is 2. The van der Waals surface area contributed by atoms with E-state index in [1.54, 1.807) is 26.8 Å². The van der Waals surface area contributed by atoms with Crippen molar-refractivity contribution < 1.29 is 34.4 Å². The molecule has 0 aliphatic carbocycles. The highest BCUT2D eigenvalue weighted by atomic mass is 16.5. The summed E-state index contributed by atoms with van der Waals surface area (Å²) < 4.78 is 4.81. The fourth-order valence-corrected chi connectivity index (χ4v) is 1.51. The molecule has 0 fully saturated rings. The Labute approximate surface area is 203 Å². The maximum absolute atomic E-state index is 10.7. The Balaban J connectivity index is -0.000000380. The predicted molar refractivity (Wildman–Crippen MR) is 137 cm³/mol. The van der Waals surface area contributed by atoms with Gasteiger partial charge in [0, 0.05) is 23.3 Å². The van der Waals surface area contributed by atoms with Crippen molar-refractivity contribution in [2.75, 3.05) is 13.2 Å². The highest BCUT2D eigenvalue weighted by molar-refractivity contribution is 5.87. The molecule has 0 amide bonds.